The number of nitrogens with zero attached hydrogens (tertiary/aromatic N) is 2. The molecule has 1 aliphatic rings. The number of hydrogen-bond acceptors (Lipinski definition) is 4. The number of rotatable bonds is 3. The quantitative estimate of drug-likeness (QED) is 0.868. The number of aromatic nitrogens is 1. The topological polar surface area (TPSA) is 72.5 Å². The van der Waals surface area contributed by atoms with Gasteiger partial charge in [-0.2, -0.15) is 0 Å². The fourth-order valence-corrected chi connectivity index (χ4v) is 3.81. The monoisotopic (exact) mass is 310 g/mol. The molecule has 7 heteroatoms. The third-order valence-electron chi connectivity index (χ3n) is 4.05. The summed E-state index contributed by atoms with van der Waals surface area (Å²) in [5, 5.41) is 0. The molecule has 0 N–H and O–H groups in total. The lowest BCUT2D eigenvalue weighted by Gasteiger charge is -2.12. The van der Waals surface area contributed by atoms with Crippen molar-refractivity contribution in [1.29, 1.82) is 0 Å². The molecule has 0 bridgehead atoms. The largest absolute Gasteiger partial charge is 0.420 e. The third-order valence-corrected chi connectivity index (χ3v) is 5.86. The van der Waals surface area contributed by atoms with Crippen molar-refractivity contribution >= 4 is 21.1 Å². The Morgan fingerprint density at radius 3 is 2.52 bits per heavy atom. The van der Waals surface area contributed by atoms with Gasteiger partial charge in [0.05, 0.1) is 10.4 Å². The molecule has 0 aliphatic heterocycles. The number of hydrogen-bond donors (Lipinski definition) is 0. The number of fused-ring (bicyclic) bond motifs is 1. The van der Waals surface area contributed by atoms with Crippen LogP contribution >= 0.6 is 0 Å². The van der Waals surface area contributed by atoms with Gasteiger partial charge in [-0.1, -0.05) is 12.8 Å². The van der Waals surface area contributed by atoms with E-state index in [9.17, 15) is 13.2 Å². The van der Waals surface area contributed by atoms with Gasteiger partial charge >= 0.3 is 5.76 Å². The summed E-state index contributed by atoms with van der Waals surface area (Å²) in [6, 6.07) is 4.78. The van der Waals surface area contributed by atoms with Gasteiger partial charge in [-0.05, 0) is 25.0 Å². The minimum Gasteiger partial charge on any atom is -0.408 e. The van der Waals surface area contributed by atoms with E-state index in [0.29, 0.717) is 11.1 Å². The SMILES string of the molecule is CN(C)S(=O)(=O)c1ccc2c(c1)oc(=O)n2C1CCCC1. The van der Waals surface area contributed by atoms with E-state index in [4.69, 9.17) is 4.42 Å². The highest BCUT2D eigenvalue weighted by Gasteiger charge is 2.24. The average Bonchev–Trinajstić information content (AvgIpc) is 3.03. The van der Waals surface area contributed by atoms with Crippen LogP contribution < -0.4 is 5.76 Å². The maximum absolute atomic E-state index is 12.1. The molecule has 0 atom stereocenters. The van der Waals surface area contributed by atoms with Gasteiger partial charge in [0.2, 0.25) is 10.0 Å². The van der Waals surface area contributed by atoms with Crippen LogP contribution in [0.1, 0.15) is 31.7 Å². The van der Waals surface area contributed by atoms with Gasteiger partial charge in [0, 0.05) is 26.2 Å². The first-order valence-corrected chi connectivity index (χ1v) is 8.43. The average molecular weight is 310 g/mol. The van der Waals surface area contributed by atoms with Crippen LogP contribution in [0.5, 0.6) is 0 Å². The zero-order chi connectivity index (χ0) is 15.2. The normalized spacial score (nSPS) is 17.1. The van der Waals surface area contributed by atoms with E-state index in [1.165, 1.54) is 26.2 Å². The molecule has 0 unspecified atom stereocenters. The lowest BCUT2D eigenvalue weighted by Crippen LogP contribution is -2.22. The third kappa shape index (κ3) is 2.30. The molecule has 0 saturated heterocycles. The second-order valence-electron chi connectivity index (χ2n) is 5.59. The Balaban J connectivity index is 2.15. The lowest BCUT2D eigenvalue weighted by molar-refractivity contribution is 0.446. The fourth-order valence-electron chi connectivity index (χ4n) is 2.90. The summed E-state index contributed by atoms with van der Waals surface area (Å²) in [5.41, 5.74) is 0.999. The van der Waals surface area contributed by atoms with Crippen molar-refractivity contribution in [3.8, 4) is 0 Å². The van der Waals surface area contributed by atoms with Gasteiger partial charge < -0.3 is 4.42 Å². The first kappa shape index (κ1) is 14.3. The molecular weight excluding hydrogens is 292 g/mol. The molecular formula is C14H18N2O4S. The van der Waals surface area contributed by atoms with E-state index in [1.807, 2.05) is 0 Å². The number of benzene rings is 1. The zero-order valence-electron chi connectivity index (χ0n) is 12.1. The van der Waals surface area contributed by atoms with Gasteiger partial charge in [0.25, 0.3) is 0 Å². The van der Waals surface area contributed by atoms with Crippen LogP contribution in [0.4, 0.5) is 0 Å². The molecule has 1 saturated carbocycles. The number of oxazole rings is 1. The highest BCUT2D eigenvalue weighted by atomic mass is 32.2. The van der Waals surface area contributed by atoms with Gasteiger partial charge in [0.1, 0.15) is 0 Å². The van der Waals surface area contributed by atoms with E-state index in [-0.39, 0.29) is 10.9 Å². The standard InChI is InChI=1S/C14H18N2O4S/c1-15(2)21(18,19)11-7-8-12-13(9-11)20-14(17)16(12)10-5-3-4-6-10/h7-10H,3-6H2,1-2H3. The van der Waals surface area contributed by atoms with Crippen LogP contribution in [-0.4, -0.2) is 31.4 Å². The van der Waals surface area contributed by atoms with Crippen molar-refractivity contribution in [1.82, 2.24) is 8.87 Å². The maximum atomic E-state index is 12.1. The highest BCUT2D eigenvalue weighted by molar-refractivity contribution is 7.89. The molecule has 3 rings (SSSR count). The van der Waals surface area contributed by atoms with Crippen LogP contribution in [-0.2, 0) is 10.0 Å². The lowest BCUT2D eigenvalue weighted by atomic mass is 10.2. The summed E-state index contributed by atoms with van der Waals surface area (Å²) >= 11 is 0. The molecule has 1 aliphatic carbocycles. The summed E-state index contributed by atoms with van der Waals surface area (Å²) in [6.07, 6.45) is 4.15. The molecule has 21 heavy (non-hydrogen) atoms. The molecule has 0 radical (unpaired) electrons. The Labute approximate surface area is 123 Å². The van der Waals surface area contributed by atoms with E-state index >= 15 is 0 Å². The van der Waals surface area contributed by atoms with Crippen molar-refractivity contribution in [2.24, 2.45) is 0 Å². The summed E-state index contributed by atoms with van der Waals surface area (Å²) in [4.78, 5) is 12.2. The molecule has 1 fully saturated rings. The van der Waals surface area contributed by atoms with E-state index in [1.54, 1.807) is 10.6 Å². The molecule has 2 aromatic rings. The Hall–Kier alpha value is -1.60. The van der Waals surface area contributed by atoms with E-state index in [2.05, 4.69) is 0 Å². The molecule has 1 heterocycles. The van der Waals surface area contributed by atoms with Crippen LogP contribution in [0.15, 0.2) is 32.3 Å². The highest BCUT2D eigenvalue weighted by Crippen LogP contribution is 2.31. The van der Waals surface area contributed by atoms with E-state index in [0.717, 1.165) is 30.0 Å². The molecule has 0 spiro atoms. The van der Waals surface area contributed by atoms with Crippen LogP contribution in [0.2, 0.25) is 0 Å². The maximum Gasteiger partial charge on any atom is 0.420 e. The van der Waals surface area contributed by atoms with Gasteiger partial charge in [0.15, 0.2) is 5.58 Å². The summed E-state index contributed by atoms with van der Waals surface area (Å²) in [5.74, 6) is -0.406. The summed E-state index contributed by atoms with van der Waals surface area (Å²) in [7, 11) is -0.586. The Morgan fingerprint density at radius 1 is 1.24 bits per heavy atom. The summed E-state index contributed by atoms with van der Waals surface area (Å²) < 4.78 is 32.3. The Kier molecular flexibility index (Phi) is 3.41. The van der Waals surface area contributed by atoms with Crippen LogP contribution in [0.25, 0.3) is 11.1 Å². The number of sulfonamides is 1. The first-order valence-electron chi connectivity index (χ1n) is 6.99. The second kappa shape index (κ2) is 4.99. The Morgan fingerprint density at radius 2 is 1.90 bits per heavy atom. The Bertz CT molecular complexity index is 826. The molecule has 1 aromatic heterocycles. The van der Waals surface area contributed by atoms with Crippen molar-refractivity contribution in [2.45, 2.75) is 36.6 Å². The van der Waals surface area contributed by atoms with Crippen molar-refractivity contribution in [3.05, 3.63) is 28.7 Å². The van der Waals surface area contributed by atoms with Gasteiger partial charge in [-0.3, -0.25) is 4.57 Å². The van der Waals surface area contributed by atoms with Crippen molar-refractivity contribution < 1.29 is 12.8 Å². The summed E-state index contributed by atoms with van der Waals surface area (Å²) in [6.45, 7) is 0. The second-order valence-corrected chi connectivity index (χ2v) is 7.75. The van der Waals surface area contributed by atoms with Crippen molar-refractivity contribution in [2.75, 3.05) is 14.1 Å². The smallest absolute Gasteiger partial charge is 0.408 e. The van der Waals surface area contributed by atoms with Crippen LogP contribution in [0, 0.1) is 0 Å². The molecule has 114 valence electrons. The van der Waals surface area contributed by atoms with Crippen LogP contribution in [0.3, 0.4) is 0 Å². The predicted octanol–water partition coefficient (Wildman–Crippen LogP) is 1.96. The van der Waals surface area contributed by atoms with Crippen molar-refractivity contribution in [3.63, 3.8) is 0 Å². The molecule has 1 aromatic carbocycles. The zero-order valence-corrected chi connectivity index (χ0v) is 12.9. The first-order chi connectivity index (χ1) is 9.91. The fraction of sp³-hybridized carbons (Fsp3) is 0.500. The predicted molar refractivity (Wildman–Crippen MR) is 78.9 cm³/mol. The molecule has 6 nitrogen and oxygen atoms in total. The van der Waals surface area contributed by atoms with Gasteiger partial charge in [-0.15, -0.1) is 0 Å². The molecule has 0 amide bonds. The van der Waals surface area contributed by atoms with E-state index < -0.39 is 15.8 Å². The minimum absolute atomic E-state index is 0.132. The minimum atomic E-state index is -3.53. The van der Waals surface area contributed by atoms with Gasteiger partial charge in [-0.25, -0.2) is 17.5 Å².